The summed E-state index contributed by atoms with van der Waals surface area (Å²) >= 11 is 0. The molecular weight excluding hydrogens is 465 g/mol. The molecule has 2 unspecified atom stereocenters. The number of ether oxygens (including phenoxy) is 2. The molecule has 0 saturated carbocycles. The number of rotatable bonds is 5. The fourth-order valence-corrected chi connectivity index (χ4v) is 4.57. The molecule has 0 bridgehead atoms. The molecule has 1 aromatic carbocycles. The molecule has 1 aliphatic heterocycles. The SMILES string of the molecule is COc1cc2ncc3c(c2cc1C1C=NN(C(F)F)C1C)n(-c1c(F)cncc1OC)c(=O)n3C. The van der Waals surface area contributed by atoms with Crippen LogP contribution in [0.2, 0.25) is 0 Å². The van der Waals surface area contributed by atoms with E-state index in [2.05, 4.69) is 15.1 Å². The second-order valence-corrected chi connectivity index (χ2v) is 8.14. The maximum atomic E-state index is 15.0. The summed E-state index contributed by atoms with van der Waals surface area (Å²) < 4.78 is 55.2. The molecule has 0 aliphatic carbocycles. The van der Waals surface area contributed by atoms with E-state index in [1.165, 1.54) is 42.0 Å². The lowest BCUT2D eigenvalue weighted by atomic mass is 9.92. The van der Waals surface area contributed by atoms with Crippen molar-refractivity contribution < 1.29 is 22.6 Å². The fourth-order valence-electron chi connectivity index (χ4n) is 4.57. The molecule has 0 fully saturated rings. The number of aromatic nitrogens is 4. The van der Waals surface area contributed by atoms with Crippen molar-refractivity contribution in [1.82, 2.24) is 24.1 Å². The highest BCUT2D eigenvalue weighted by atomic mass is 19.3. The van der Waals surface area contributed by atoms with Crippen LogP contribution in [0.1, 0.15) is 18.4 Å². The van der Waals surface area contributed by atoms with Gasteiger partial charge in [0.15, 0.2) is 11.6 Å². The summed E-state index contributed by atoms with van der Waals surface area (Å²) in [5.41, 5.74) is 1.26. The van der Waals surface area contributed by atoms with Gasteiger partial charge in [0, 0.05) is 36.2 Å². The van der Waals surface area contributed by atoms with Crippen LogP contribution >= 0.6 is 0 Å². The van der Waals surface area contributed by atoms with Crippen LogP contribution in [0.4, 0.5) is 13.2 Å². The van der Waals surface area contributed by atoms with E-state index in [4.69, 9.17) is 9.47 Å². The van der Waals surface area contributed by atoms with Crippen LogP contribution in [0, 0.1) is 5.82 Å². The van der Waals surface area contributed by atoms with E-state index < -0.39 is 30.0 Å². The lowest BCUT2D eigenvalue weighted by Crippen LogP contribution is -2.32. The first kappa shape index (κ1) is 22.7. The summed E-state index contributed by atoms with van der Waals surface area (Å²) in [6, 6.07) is 2.74. The molecule has 182 valence electrons. The predicted octanol–water partition coefficient (Wildman–Crippen LogP) is 3.42. The molecule has 35 heavy (non-hydrogen) atoms. The van der Waals surface area contributed by atoms with Crippen molar-refractivity contribution in [3.05, 3.63) is 52.6 Å². The third kappa shape index (κ3) is 3.31. The Bertz CT molecular complexity index is 1550. The van der Waals surface area contributed by atoms with E-state index in [0.717, 1.165) is 11.2 Å². The number of hydrazone groups is 1. The molecule has 0 saturated heterocycles. The van der Waals surface area contributed by atoms with Crippen molar-refractivity contribution >= 4 is 28.2 Å². The zero-order valence-corrected chi connectivity index (χ0v) is 19.2. The topological polar surface area (TPSA) is 86.8 Å². The minimum Gasteiger partial charge on any atom is -0.496 e. The number of halogens is 3. The summed E-state index contributed by atoms with van der Waals surface area (Å²) in [4.78, 5) is 21.6. The van der Waals surface area contributed by atoms with Crippen molar-refractivity contribution in [2.45, 2.75) is 25.4 Å². The quantitative estimate of drug-likeness (QED) is 0.402. The van der Waals surface area contributed by atoms with Gasteiger partial charge < -0.3 is 9.47 Å². The number of fused-ring (bicyclic) bond motifs is 3. The Hall–Kier alpha value is -4.09. The van der Waals surface area contributed by atoms with Gasteiger partial charge in [-0.3, -0.25) is 19.1 Å². The van der Waals surface area contributed by atoms with E-state index in [1.807, 2.05) is 0 Å². The van der Waals surface area contributed by atoms with Crippen molar-refractivity contribution in [2.75, 3.05) is 14.2 Å². The third-order valence-corrected chi connectivity index (χ3v) is 6.37. The van der Waals surface area contributed by atoms with Gasteiger partial charge in [-0.1, -0.05) is 0 Å². The van der Waals surface area contributed by atoms with Crippen LogP contribution in [-0.4, -0.2) is 57.1 Å². The van der Waals surface area contributed by atoms with Crippen LogP contribution < -0.4 is 15.2 Å². The minimum atomic E-state index is -2.76. The highest BCUT2D eigenvalue weighted by Crippen LogP contribution is 2.39. The van der Waals surface area contributed by atoms with Crippen molar-refractivity contribution in [3.8, 4) is 17.2 Å². The van der Waals surface area contributed by atoms with Gasteiger partial charge in [0.25, 0.3) is 0 Å². The Morgan fingerprint density at radius 3 is 2.49 bits per heavy atom. The van der Waals surface area contributed by atoms with E-state index in [1.54, 1.807) is 26.1 Å². The summed E-state index contributed by atoms with van der Waals surface area (Å²) in [7, 11) is 4.38. The summed E-state index contributed by atoms with van der Waals surface area (Å²) in [6.07, 6.45) is 5.27. The first-order valence-corrected chi connectivity index (χ1v) is 10.6. The molecule has 2 atom stereocenters. The van der Waals surface area contributed by atoms with Crippen LogP contribution in [0.3, 0.4) is 0 Å². The van der Waals surface area contributed by atoms with Crippen LogP contribution in [0.15, 0.2) is 40.6 Å². The first-order valence-electron chi connectivity index (χ1n) is 10.6. The van der Waals surface area contributed by atoms with Crippen LogP contribution in [0.5, 0.6) is 11.5 Å². The van der Waals surface area contributed by atoms with Gasteiger partial charge in [-0.05, 0) is 13.0 Å². The minimum absolute atomic E-state index is 0.0717. The van der Waals surface area contributed by atoms with Crippen molar-refractivity contribution in [2.24, 2.45) is 12.1 Å². The largest absolute Gasteiger partial charge is 0.496 e. The summed E-state index contributed by atoms with van der Waals surface area (Å²) in [6.45, 7) is -1.12. The Balaban J connectivity index is 1.86. The Labute approximate surface area is 197 Å². The zero-order valence-electron chi connectivity index (χ0n) is 19.2. The highest BCUT2D eigenvalue weighted by Gasteiger charge is 2.35. The average Bonchev–Trinajstić information content (AvgIpc) is 3.35. The molecule has 5 rings (SSSR count). The van der Waals surface area contributed by atoms with Gasteiger partial charge in [-0.2, -0.15) is 13.9 Å². The van der Waals surface area contributed by atoms with Gasteiger partial charge in [0.05, 0.1) is 55.4 Å². The smallest absolute Gasteiger partial charge is 0.333 e. The molecule has 4 aromatic rings. The number of benzene rings is 1. The molecule has 0 N–H and O–H groups in total. The first-order chi connectivity index (χ1) is 16.8. The molecule has 0 radical (unpaired) electrons. The predicted molar refractivity (Wildman–Crippen MR) is 123 cm³/mol. The number of alkyl halides is 2. The molecular formula is C23H21F3N6O3. The second-order valence-electron chi connectivity index (χ2n) is 8.14. The molecule has 0 spiro atoms. The number of hydrogen-bond donors (Lipinski definition) is 0. The molecule has 12 heteroatoms. The molecule has 0 amide bonds. The lowest BCUT2D eigenvalue weighted by molar-refractivity contribution is -0.0423. The third-order valence-electron chi connectivity index (χ3n) is 6.37. The summed E-state index contributed by atoms with van der Waals surface area (Å²) in [5, 5.41) is 5.09. The second kappa shape index (κ2) is 8.29. The maximum absolute atomic E-state index is 15.0. The molecule has 9 nitrogen and oxygen atoms in total. The van der Waals surface area contributed by atoms with Gasteiger partial charge in [0.1, 0.15) is 11.4 Å². The number of pyridine rings is 2. The van der Waals surface area contributed by atoms with Crippen LogP contribution in [0.25, 0.3) is 27.6 Å². The van der Waals surface area contributed by atoms with E-state index in [9.17, 15) is 13.6 Å². The van der Waals surface area contributed by atoms with Crippen molar-refractivity contribution in [1.29, 1.82) is 0 Å². The lowest BCUT2D eigenvalue weighted by Gasteiger charge is -2.24. The summed E-state index contributed by atoms with van der Waals surface area (Å²) in [5.74, 6) is -0.764. The average molecular weight is 486 g/mol. The molecule has 4 heterocycles. The van der Waals surface area contributed by atoms with E-state index in [-0.39, 0.29) is 11.4 Å². The van der Waals surface area contributed by atoms with Gasteiger partial charge in [-0.15, -0.1) is 0 Å². The van der Waals surface area contributed by atoms with Crippen molar-refractivity contribution in [3.63, 3.8) is 0 Å². The number of imidazole rings is 1. The standard InChI is InChI=1S/C23H21F3N6O3/c1-11-14(7-29-32(11)22(25)26)12-5-13-16(6-18(12)34-3)28-9-17-20(13)31(23(33)30(17)2)21-15(24)8-27-10-19(21)35-4/h5-11,14,22H,1-4H3. The maximum Gasteiger partial charge on any atom is 0.333 e. The fraction of sp³-hybridized carbons (Fsp3) is 0.304. The van der Waals surface area contributed by atoms with Crippen LogP contribution in [-0.2, 0) is 7.05 Å². The number of nitrogens with zero attached hydrogens (tertiary/aromatic N) is 6. The number of methoxy groups -OCH3 is 2. The van der Waals surface area contributed by atoms with E-state index >= 15 is 4.39 Å². The van der Waals surface area contributed by atoms with Gasteiger partial charge >= 0.3 is 12.2 Å². The van der Waals surface area contributed by atoms with Gasteiger partial charge in [0.2, 0.25) is 0 Å². The molecule has 1 aliphatic rings. The van der Waals surface area contributed by atoms with Gasteiger partial charge in [-0.25, -0.2) is 14.2 Å². The Morgan fingerprint density at radius 2 is 1.83 bits per heavy atom. The Kier molecular flexibility index (Phi) is 5.37. The zero-order chi connectivity index (χ0) is 25.0. The molecule has 3 aromatic heterocycles. The number of aryl methyl sites for hydroxylation is 1. The normalized spacial score (nSPS) is 17.8. The highest BCUT2D eigenvalue weighted by molar-refractivity contribution is 6.04. The van der Waals surface area contributed by atoms with E-state index in [0.29, 0.717) is 33.2 Å². The Morgan fingerprint density at radius 1 is 1.09 bits per heavy atom. The monoisotopic (exact) mass is 486 g/mol. The number of hydrogen-bond acceptors (Lipinski definition) is 7.